The molecule has 0 saturated carbocycles. The van der Waals surface area contributed by atoms with E-state index in [1.54, 1.807) is 6.92 Å². The molecule has 0 aliphatic heterocycles. The van der Waals surface area contributed by atoms with Gasteiger partial charge in [-0.05, 0) is 6.42 Å². The van der Waals surface area contributed by atoms with Gasteiger partial charge in [-0.15, -0.1) is 0 Å². The van der Waals surface area contributed by atoms with Crippen LogP contribution in [0.5, 0.6) is 0 Å². The Hall–Kier alpha value is -1.13. The summed E-state index contributed by atoms with van der Waals surface area (Å²) < 4.78 is 12.1. The van der Waals surface area contributed by atoms with Gasteiger partial charge in [0, 0.05) is 5.92 Å². The molecule has 82 valence electrons. The summed E-state index contributed by atoms with van der Waals surface area (Å²) in [6.45, 7) is 2.53. The fourth-order valence-corrected chi connectivity index (χ4v) is 1.04. The van der Waals surface area contributed by atoms with Crippen LogP contribution in [0.15, 0.2) is 0 Å². The second-order valence-electron chi connectivity index (χ2n) is 3.24. The smallest absolute Gasteiger partial charge is 0.328 e. The molecule has 0 aromatic heterocycles. The van der Waals surface area contributed by atoms with Crippen LogP contribution in [0.4, 0.5) is 4.39 Å². The topological polar surface area (TPSA) is 66.4 Å². The molecule has 2 atom stereocenters. The summed E-state index contributed by atoms with van der Waals surface area (Å²) in [4.78, 5) is 21.7. The lowest BCUT2D eigenvalue weighted by Gasteiger charge is -2.14. The van der Waals surface area contributed by atoms with E-state index in [1.807, 2.05) is 6.92 Å². The molecular formula is C9H16FNO3. The van der Waals surface area contributed by atoms with Gasteiger partial charge < -0.3 is 10.4 Å². The lowest BCUT2D eigenvalue weighted by molar-refractivity contribution is -0.142. The third kappa shape index (κ3) is 4.20. The van der Waals surface area contributed by atoms with Crippen molar-refractivity contribution in [1.29, 1.82) is 0 Å². The van der Waals surface area contributed by atoms with E-state index < -0.39 is 24.6 Å². The van der Waals surface area contributed by atoms with Crippen molar-refractivity contribution in [2.24, 2.45) is 5.92 Å². The van der Waals surface area contributed by atoms with Gasteiger partial charge in [-0.25, -0.2) is 9.18 Å². The molecule has 0 saturated heterocycles. The molecule has 0 bridgehead atoms. The highest BCUT2D eigenvalue weighted by Crippen LogP contribution is 2.05. The van der Waals surface area contributed by atoms with Crippen LogP contribution < -0.4 is 5.32 Å². The Kier molecular flexibility index (Phi) is 5.83. The van der Waals surface area contributed by atoms with Gasteiger partial charge in [0.1, 0.15) is 6.67 Å². The predicted octanol–water partition coefficient (Wildman–Crippen LogP) is 0.962. The van der Waals surface area contributed by atoms with Crippen molar-refractivity contribution in [1.82, 2.24) is 5.32 Å². The van der Waals surface area contributed by atoms with Crippen LogP contribution in [0.1, 0.15) is 26.7 Å². The molecule has 0 rings (SSSR count). The molecule has 0 aliphatic rings. The van der Waals surface area contributed by atoms with Crippen molar-refractivity contribution < 1.29 is 19.1 Å². The van der Waals surface area contributed by atoms with Crippen LogP contribution >= 0.6 is 0 Å². The normalized spacial score (nSPS) is 14.5. The van der Waals surface area contributed by atoms with Gasteiger partial charge >= 0.3 is 5.97 Å². The zero-order valence-electron chi connectivity index (χ0n) is 8.42. The number of hydrogen-bond acceptors (Lipinski definition) is 2. The van der Waals surface area contributed by atoms with E-state index >= 15 is 0 Å². The van der Waals surface area contributed by atoms with E-state index in [-0.39, 0.29) is 5.92 Å². The Balaban J connectivity index is 4.08. The number of amides is 1. The van der Waals surface area contributed by atoms with Gasteiger partial charge in [-0.2, -0.15) is 0 Å². The summed E-state index contributed by atoms with van der Waals surface area (Å²) in [7, 11) is 0. The highest BCUT2D eigenvalue weighted by Gasteiger charge is 2.22. The lowest BCUT2D eigenvalue weighted by Crippen LogP contribution is -2.44. The van der Waals surface area contributed by atoms with Crippen molar-refractivity contribution in [3.8, 4) is 0 Å². The largest absolute Gasteiger partial charge is 0.480 e. The number of nitrogens with one attached hydrogen (secondary N) is 1. The molecule has 0 fully saturated rings. The second kappa shape index (κ2) is 6.34. The molecule has 0 aliphatic carbocycles. The molecule has 0 aromatic rings. The molecule has 0 aromatic carbocycles. The lowest BCUT2D eigenvalue weighted by atomic mass is 10.1. The van der Waals surface area contributed by atoms with Gasteiger partial charge in [0.15, 0.2) is 6.04 Å². The zero-order chi connectivity index (χ0) is 11.1. The first kappa shape index (κ1) is 12.9. The maximum Gasteiger partial charge on any atom is 0.328 e. The van der Waals surface area contributed by atoms with E-state index in [2.05, 4.69) is 5.32 Å². The number of carboxylic acid groups (broad SMARTS) is 1. The molecule has 0 radical (unpaired) electrons. The Morgan fingerprint density at radius 1 is 1.50 bits per heavy atom. The first-order valence-corrected chi connectivity index (χ1v) is 4.62. The minimum Gasteiger partial charge on any atom is -0.480 e. The number of aliphatic carboxylic acids is 1. The minimum atomic E-state index is -1.41. The maximum atomic E-state index is 12.1. The van der Waals surface area contributed by atoms with Crippen molar-refractivity contribution in [3.63, 3.8) is 0 Å². The fraction of sp³-hybridized carbons (Fsp3) is 0.778. The Labute approximate surface area is 82.5 Å². The number of carboxylic acids is 1. The Morgan fingerprint density at radius 2 is 2.07 bits per heavy atom. The van der Waals surface area contributed by atoms with Gasteiger partial charge in [-0.3, -0.25) is 4.79 Å². The minimum absolute atomic E-state index is 0.270. The molecule has 0 heterocycles. The van der Waals surface area contributed by atoms with Gasteiger partial charge in [0.05, 0.1) is 0 Å². The molecule has 2 N–H and O–H groups in total. The van der Waals surface area contributed by atoms with Crippen molar-refractivity contribution in [2.45, 2.75) is 32.7 Å². The van der Waals surface area contributed by atoms with E-state index in [0.717, 1.165) is 6.42 Å². The summed E-state index contributed by atoms with van der Waals surface area (Å²) in [5, 5.41) is 10.6. The standard InChI is InChI=1S/C9H16FNO3/c1-3-4-6(2)8(12)11-7(5-10)9(13)14/h6-7H,3-5H2,1-2H3,(H,11,12)(H,13,14). The summed E-state index contributed by atoms with van der Waals surface area (Å²) in [6.07, 6.45) is 1.51. The van der Waals surface area contributed by atoms with Crippen LogP contribution in [-0.2, 0) is 9.59 Å². The van der Waals surface area contributed by atoms with E-state index in [4.69, 9.17) is 5.11 Å². The first-order chi connectivity index (χ1) is 6.52. The maximum absolute atomic E-state index is 12.1. The molecule has 2 unspecified atom stereocenters. The summed E-state index contributed by atoms with van der Waals surface area (Å²) in [5.41, 5.74) is 0. The Bertz CT molecular complexity index is 208. The van der Waals surface area contributed by atoms with Crippen molar-refractivity contribution in [2.75, 3.05) is 6.67 Å². The van der Waals surface area contributed by atoms with Crippen LogP contribution in [0.25, 0.3) is 0 Å². The number of rotatable bonds is 6. The molecule has 1 amide bonds. The van der Waals surface area contributed by atoms with E-state index in [1.165, 1.54) is 0 Å². The van der Waals surface area contributed by atoms with Crippen LogP contribution in [0, 0.1) is 5.92 Å². The third-order valence-corrected chi connectivity index (χ3v) is 1.94. The molecule has 5 heteroatoms. The summed E-state index contributed by atoms with van der Waals surface area (Å²) in [5.74, 6) is -2.02. The molecule has 0 spiro atoms. The average Bonchev–Trinajstić information content (AvgIpc) is 2.13. The van der Waals surface area contributed by atoms with E-state index in [9.17, 15) is 14.0 Å². The first-order valence-electron chi connectivity index (χ1n) is 4.62. The van der Waals surface area contributed by atoms with Crippen LogP contribution in [-0.4, -0.2) is 29.7 Å². The number of halogens is 1. The highest BCUT2D eigenvalue weighted by molar-refractivity contribution is 5.84. The SMILES string of the molecule is CCCC(C)C(=O)NC(CF)C(=O)O. The third-order valence-electron chi connectivity index (χ3n) is 1.94. The van der Waals surface area contributed by atoms with E-state index in [0.29, 0.717) is 6.42 Å². The second-order valence-corrected chi connectivity index (χ2v) is 3.24. The monoisotopic (exact) mass is 205 g/mol. The van der Waals surface area contributed by atoms with Crippen LogP contribution in [0.2, 0.25) is 0 Å². The van der Waals surface area contributed by atoms with Gasteiger partial charge in [0.2, 0.25) is 5.91 Å². The highest BCUT2D eigenvalue weighted by atomic mass is 19.1. The zero-order valence-corrected chi connectivity index (χ0v) is 8.42. The van der Waals surface area contributed by atoms with Gasteiger partial charge in [0.25, 0.3) is 0 Å². The fourth-order valence-electron chi connectivity index (χ4n) is 1.04. The summed E-state index contributed by atoms with van der Waals surface area (Å²) >= 11 is 0. The quantitative estimate of drug-likeness (QED) is 0.678. The van der Waals surface area contributed by atoms with Crippen molar-refractivity contribution in [3.05, 3.63) is 0 Å². The number of carbonyl (C=O) groups excluding carboxylic acids is 1. The molecule has 14 heavy (non-hydrogen) atoms. The summed E-state index contributed by atoms with van der Waals surface area (Å²) in [6, 6.07) is -1.41. The number of hydrogen-bond donors (Lipinski definition) is 2. The molecule has 4 nitrogen and oxygen atoms in total. The predicted molar refractivity (Wildman–Crippen MR) is 49.6 cm³/mol. The van der Waals surface area contributed by atoms with Gasteiger partial charge in [-0.1, -0.05) is 20.3 Å². The average molecular weight is 205 g/mol. The number of alkyl halides is 1. The number of carbonyl (C=O) groups is 2. The Morgan fingerprint density at radius 3 is 2.43 bits per heavy atom. The van der Waals surface area contributed by atoms with Crippen LogP contribution in [0.3, 0.4) is 0 Å². The molecular weight excluding hydrogens is 189 g/mol. The van der Waals surface area contributed by atoms with Crippen molar-refractivity contribution >= 4 is 11.9 Å².